The Hall–Kier alpha value is -1.51. The van der Waals surface area contributed by atoms with Crippen molar-refractivity contribution in [2.75, 3.05) is 26.7 Å². The van der Waals surface area contributed by atoms with Crippen LogP contribution in [-0.4, -0.2) is 37.5 Å². The van der Waals surface area contributed by atoms with Crippen molar-refractivity contribution >= 4 is 5.96 Å². The summed E-state index contributed by atoms with van der Waals surface area (Å²) in [7, 11) is 2.13. The minimum Gasteiger partial charge on any atom is -0.357 e. The molecule has 0 saturated heterocycles. The van der Waals surface area contributed by atoms with Crippen molar-refractivity contribution < 1.29 is 0 Å². The Bertz CT molecular complexity index is 453. The van der Waals surface area contributed by atoms with Crippen molar-refractivity contribution in [2.45, 2.75) is 39.0 Å². The monoisotopic (exact) mass is 273 g/mol. The Balaban J connectivity index is 1.93. The first-order valence-corrected chi connectivity index (χ1v) is 7.83. The number of rotatable bonds is 6. The highest BCUT2D eigenvalue weighted by molar-refractivity contribution is 5.79. The minimum atomic E-state index is 0.611. The average molecular weight is 273 g/mol. The molecule has 3 heteroatoms. The van der Waals surface area contributed by atoms with E-state index in [0.29, 0.717) is 5.92 Å². The highest BCUT2D eigenvalue weighted by atomic mass is 15.3. The van der Waals surface area contributed by atoms with Gasteiger partial charge in [-0.15, -0.1) is 0 Å². The number of fused-ring (bicyclic) bond motifs is 1. The van der Waals surface area contributed by atoms with Crippen molar-refractivity contribution in [1.29, 1.82) is 0 Å². The van der Waals surface area contributed by atoms with Crippen molar-refractivity contribution in [3.05, 3.63) is 35.4 Å². The second kappa shape index (κ2) is 7.32. The summed E-state index contributed by atoms with van der Waals surface area (Å²) in [5, 5.41) is 3.39. The Morgan fingerprint density at radius 1 is 1.35 bits per heavy atom. The molecule has 1 atom stereocenters. The molecule has 1 aliphatic carbocycles. The Morgan fingerprint density at radius 2 is 2.15 bits per heavy atom. The van der Waals surface area contributed by atoms with E-state index in [1.807, 2.05) is 0 Å². The molecule has 3 nitrogen and oxygen atoms in total. The van der Waals surface area contributed by atoms with Crippen molar-refractivity contribution in [2.24, 2.45) is 4.99 Å². The summed E-state index contributed by atoms with van der Waals surface area (Å²) < 4.78 is 0. The van der Waals surface area contributed by atoms with Gasteiger partial charge in [-0.1, -0.05) is 37.6 Å². The fourth-order valence-electron chi connectivity index (χ4n) is 2.69. The summed E-state index contributed by atoms with van der Waals surface area (Å²) in [6, 6.07) is 8.73. The number of unbranched alkanes of at least 4 members (excludes halogenated alkanes) is 1. The van der Waals surface area contributed by atoms with Gasteiger partial charge in [0, 0.05) is 32.6 Å². The van der Waals surface area contributed by atoms with Gasteiger partial charge in [-0.3, -0.25) is 4.99 Å². The summed E-state index contributed by atoms with van der Waals surface area (Å²) in [6.07, 6.45) is 3.62. The Kier molecular flexibility index (Phi) is 5.45. The van der Waals surface area contributed by atoms with Gasteiger partial charge in [0.25, 0.3) is 0 Å². The second-order valence-electron chi connectivity index (χ2n) is 5.57. The molecule has 0 bridgehead atoms. The summed E-state index contributed by atoms with van der Waals surface area (Å²) in [5.41, 5.74) is 2.99. The molecule has 0 spiro atoms. The zero-order valence-electron chi connectivity index (χ0n) is 13.0. The van der Waals surface area contributed by atoms with E-state index in [2.05, 4.69) is 55.4 Å². The lowest BCUT2D eigenvalue weighted by molar-refractivity contribution is 0.462. The van der Waals surface area contributed by atoms with Crippen molar-refractivity contribution in [1.82, 2.24) is 10.2 Å². The van der Waals surface area contributed by atoms with Crippen LogP contribution >= 0.6 is 0 Å². The van der Waals surface area contributed by atoms with Crippen LogP contribution in [0.5, 0.6) is 0 Å². The molecule has 1 N–H and O–H groups in total. The number of nitrogens with zero attached hydrogens (tertiary/aromatic N) is 2. The SMILES string of the molecule is CCCCN(C)C(=NCC1Cc2ccccc21)NCC. The van der Waals surface area contributed by atoms with Crippen LogP contribution in [0.25, 0.3) is 0 Å². The fraction of sp³-hybridized carbons (Fsp3) is 0.588. The lowest BCUT2D eigenvalue weighted by Gasteiger charge is -2.29. The quantitative estimate of drug-likeness (QED) is 0.637. The molecule has 1 aromatic rings. The molecule has 1 unspecified atom stereocenters. The highest BCUT2D eigenvalue weighted by Crippen LogP contribution is 2.34. The number of benzene rings is 1. The van der Waals surface area contributed by atoms with E-state index in [9.17, 15) is 0 Å². The molecule has 0 aromatic heterocycles. The fourth-order valence-corrected chi connectivity index (χ4v) is 2.69. The van der Waals surface area contributed by atoms with E-state index in [1.54, 1.807) is 0 Å². The zero-order valence-corrected chi connectivity index (χ0v) is 13.0. The van der Waals surface area contributed by atoms with Crippen molar-refractivity contribution in [3.63, 3.8) is 0 Å². The molecule has 1 aliphatic rings. The second-order valence-corrected chi connectivity index (χ2v) is 5.57. The third kappa shape index (κ3) is 3.53. The number of hydrogen-bond donors (Lipinski definition) is 1. The molecule has 2 rings (SSSR count). The van der Waals surface area contributed by atoms with Gasteiger partial charge in [0.2, 0.25) is 0 Å². The van der Waals surface area contributed by atoms with Crippen LogP contribution in [-0.2, 0) is 6.42 Å². The molecule has 0 amide bonds. The predicted octanol–water partition coefficient (Wildman–Crippen LogP) is 3.02. The molecular weight excluding hydrogens is 246 g/mol. The van der Waals surface area contributed by atoms with Gasteiger partial charge in [0.1, 0.15) is 0 Å². The van der Waals surface area contributed by atoms with Crippen LogP contribution in [0.1, 0.15) is 43.7 Å². The average Bonchev–Trinajstić information content (AvgIpc) is 2.44. The third-order valence-electron chi connectivity index (χ3n) is 3.97. The summed E-state index contributed by atoms with van der Waals surface area (Å²) >= 11 is 0. The standard InChI is InChI=1S/C17H27N3/c1-4-6-11-20(3)17(18-5-2)19-13-15-12-14-9-7-8-10-16(14)15/h7-10,15H,4-6,11-13H2,1-3H3,(H,18,19). The zero-order chi connectivity index (χ0) is 14.4. The molecular formula is C17H27N3. The minimum absolute atomic E-state index is 0.611. The van der Waals surface area contributed by atoms with E-state index >= 15 is 0 Å². The van der Waals surface area contributed by atoms with E-state index in [-0.39, 0.29) is 0 Å². The molecule has 110 valence electrons. The van der Waals surface area contributed by atoms with Gasteiger partial charge in [0.15, 0.2) is 5.96 Å². The Labute approximate surface area is 123 Å². The topological polar surface area (TPSA) is 27.6 Å². The van der Waals surface area contributed by atoms with Gasteiger partial charge < -0.3 is 10.2 Å². The van der Waals surface area contributed by atoms with Crippen LogP contribution in [0.2, 0.25) is 0 Å². The van der Waals surface area contributed by atoms with Gasteiger partial charge in [-0.05, 0) is 30.9 Å². The van der Waals surface area contributed by atoms with E-state index in [4.69, 9.17) is 4.99 Å². The van der Waals surface area contributed by atoms with Gasteiger partial charge >= 0.3 is 0 Å². The summed E-state index contributed by atoms with van der Waals surface area (Å²) in [4.78, 5) is 7.07. The molecule has 0 heterocycles. The first kappa shape index (κ1) is 14.9. The number of nitrogens with one attached hydrogen (secondary N) is 1. The third-order valence-corrected chi connectivity index (χ3v) is 3.97. The van der Waals surface area contributed by atoms with E-state index in [1.165, 1.54) is 30.4 Å². The highest BCUT2D eigenvalue weighted by Gasteiger charge is 2.25. The number of guanidine groups is 1. The van der Waals surface area contributed by atoms with E-state index in [0.717, 1.165) is 25.6 Å². The normalized spacial score (nSPS) is 17.4. The summed E-state index contributed by atoms with van der Waals surface area (Å²) in [5.74, 6) is 1.66. The first-order valence-electron chi connectivity index (χ1n) is 7.83. The van der Waals surface area contributed by atoms with Gasteiger partial charge in [-0.25, -0.2) is 0 Å². The lowest BCUT2D eigenvalue weighted by atomic mass is 9.78. The van der Waals surface area contributed by atoms with Crippen LogP contribution in [0.3, 0.4) is 0 Å². The molecule has 0 aliphatic heterocycles. The number of hydrogen-bond acceptors (Lipinski definition) is 1. The van der Waals surface area contributed by atoms with Gasteiger partial charge in [0.05, 0.1) is 0 Å². The molecule has 0 saturated carbocycles. The van der Waals surface area contributed by atoms with Gasteiger partial charge in [-0.2, -0.15) is 0 Å². The molecule has 20 heavy (non-hydrogen) atoms. The predicted molar refractivity (Wildman–Crippen MR) is 86.4 cm³/mol. The smallest absolute Gasteiger partial charge is 0.193 e. The van der Waals surface area contributed by atoms with Crippen LogP contribution < -0.4 is 5.32 Å². The maximum atomic E-state index is 4.82. The molecule has 0 fully saturated rings. The summed E-state index contributed by atoms with van der Waals surface area (Å²) in [6.45, 7) is 7.25. The van der Waals surface area contributed by atoms with Crippen molar-refractivity contribution in [3.8, 4) is 0 Å². The van der Waals surface area contributed by atoms with E-state index < -0.39 is 0 Å². The molecule has 1 aromatic carbocycles. The largest absolute Gasteiger partial charge is 0.357 e. The molecule has 0 radical (unpaired) electrons. The Morgan fingerprint density at radius 3 is 2.85 bits per heavy atom. The van der Waals surface area contributed by atoms with Crippen LogP contribution in [0, 0.1) is 0 Å². The maximum absolute atomic E-state index is 4.82. The maximum Gasteiger partial charge on any atom is 0.193 e. The lowest BCUT2D eigenvalue weighted by Crippen LogP contribution is -2.40. The number of aliphatic imine (C=N–C) groups is 1. The first-order chi connectivity index (χ1) is 9.76. The van der Waals surface area contributed by atoms with Crippen LogP contribution in [0.15, 0.2) is 29.3 Å². The van der Waals surface area contributed by atoms with Crippen LogP contribution in [0.4, 0.5) is 0 Å².